The average molecular weight is 443 g/mol. The molecule has 1 atom stereocenters. The SMILES string of the molecule is O=C(N1CCc2cnc(CC3CCOCC3)nc2C1)N1CCC[C@@H]1c1cc(F)ccc1F. The van der Waals surface area contributed by atoms with E-state index in [1.807, 2.05) is 6.20 Å². The highest BCUT2D eigenvalue weighted by molar-refractivity contribution is 5.75. The zero-order valence-corrected chi connectivity index (χ0v) is 18.1. The summed E-state index contributed by atoms with van der Waals surface area (Å²) in [6.07, 6.45) is 6.89. The van der Waals surface area contributed by atoms with Crippen LogP contribution in [0.2, 0.25) is 0 Å². The van der Waals surface area contributed by atoms with Crippen LogP contribution in [0.1, 0.15) is 54.4 Å². The Morgan fingerprint density at radius 3 is 2.84 bits per heavy atom. The quantitative estimate of drug-likeness (QED) is 0.720. The number of nitrogens with zero attached hydrogens (tertiary/aromatic N) is 4. The summed E-state index contributed by atoms with van der Waals surface area (Å²) >= 11 is 0. The number of halogens is 2. The van der Waals surface area contributed by atoms with Crippen LogP contribution in [0.15, 0.2) is 24.4 Å². The molecule has 1 aromatic heterocycles. The van der Waals surface area contributed by atoms with Gasteiger partial charge in [-0.3, -0.25) is 0 Å². The third-order valence-corrected chi connectivity index (χ3v) is 6.89. The topological polar surface area (TPSA) is 58.6 Å². The van der Waals surface area contributed by atoms with Gasteiger partial charge in [-0.15, -0.1) is 0 Å². The zero-order chi connectivity index (χ0) is 22.1. The summed E-state index contributed by atoms with van der Waals surface area (Å²) in [5.41, 5.74) is 2.24. The smallest absolute Gasteiger partial charge is 0.320 e. The first-order valence-corrected chi connectivity index (χ1v) is 11.5. The van der Waals surface area contributed by atoms with Crippen LogP contribution in [-0.4, -0.2) is 52.1 Å². The molecule has 6 nitrogen and oxygen atoms in total. The van der Waals surface area contributed by atoms with Crippen molar-refractivity contribution in [2.45, 2.75) is 51.1 Å². The highest BCUT2D eigenvalue weighted by Gasteiger charge is 2.35. The molecule has 0 bridgehead atoms. The van der Waals surface area contributed by atoms with Gasteiger partial charge < -0.3 is 14.5 Å². The number of hydrogen-bond donors (Lipinski definition) is 0. The number of urea groups is 1. The van der Waals surface area contributed by atoms with Gasteiger partial charge in [-0.05, 0) is 61.8 Å². The summed E-state index contributed by atoms with van der Waals surface area (Å²) in [5.74, 6) is 0.410. The average Bonchev–Trinajstić information content (AvgIpc) is 3.30. The number of aromatic nitrogens is 2. The molecular weight excluding hydrogens is 414 g/mol. The molecule has 4 heterocycles. The lowest BCUT2D eigenvalue weighted by atomic mass is 9.96. The molecular formula is C24H28F2N4O2. The molecule has 5 rings (SSSR count). The van der Waals surface area contributed by atoms with Crippen LogP contribution in [-0.2, 0) is 24.1 Å². The largest absolute Gasteiger partial charge is 0.381 e. The Bertz CT molecular complexity index is 996. The summed E-state index contributed by atoms with van der Waals surface area (Å²) in [7, 11) is 0. The Morgan fingerprint density at radius 1 is 1.16 bits per heavy atom. The second-order valence-electron chi connectivity index (χ2n) is 8.99. The van der Waals surface area contributed by atoms with E-state index in [0.29, 0.717) is 38.4 Å². The van der Waals surface area contributed by atoms with Crippen molar-refractivity contribution in [2.24, 2.45) is 5.92 Å². The highest BCUT2D eigenvalue weighted by Crippen LogP contribution is 2.35. The van der Waals surface area contributed by atoms with Crippen molar-refractivity contribution in [1.82, 2.24) is 19.8 Å². The van der Waals surface area contributed by atoms with E-state index in [2.05, 4.69) is 4.98 Å². The van der Waals surface area contributed by atoms with Crippen LogP contribution >= 0.6 is 0 Å². The predicted octanol–water partition coefficient (Wildman–Crippen LogP) is 4.04. The maximum absolute atomic E-state index is 14.4. The van der Waals surface area contributed by atoms with Gasteiger partial charge in [0.15, 0.2) is 0 Å². The molecule has 0 spiro atoms. The highest BCUT2D eigenvalue weighted by atomic mass is 19.1. The molecule has 2 saturated heterocycles. The Labute approximate surface area is 186 Å². The maximum Gasteiger partial charge on any atom is 0.320 e. The summed E-state index contributed by atoms with van der Waals surface area (Å²) in [6.45, 7) is 3.12. The van der Waals surface area contributed by atoms with E-state index in [-0.39, 0.29) is 11.6 Å². The number of likely N-dealkylation sites (tertiary alicyclic amines) is 1. The maximum atomic E-state index is 14.4. The van der Waals surface area contributed by atoms with Crippen LogP contribution in [0.4, 0.5) is 13.6 Å². The number of carbonyl (C=O) groups excluding carboxylic acids is 1. The Morgan fingerprint density at radius 2 is 2.00 bits per heavy atom. The minimum Gasteiger partial charge on any atom is -0.381 e. The van der Waals surface area contributed by atoms with Crippen molar-refractivity contribution in [1.29, 1.82) is 0 Å². The van der Waals surface area contributed by atoms with Gasteiger partial charge in [-0.2, -0.15) is 0 Å². The van der Waals surface area contributed by atoms with Gasteiger partial charge in [-0.1, -0.05) is 0 Å². The standard InChI is InChI=1S/C24H28F2N4O2/c25-18-3-4-20(26)19(13-18)22-2-1-8-30(22)24(31)29-9-5-17-14-27-23(28-21(17)15-29)12-16-6-10-32-11-7-16/h3-4,13-14,16,22H,1-2,5-12,15H2/t22-/m1/s1. The molecule has 2 aromatic rings. The summed E-state index contributed by atoms with van der Waals surface area (Å²) in [5, 5.41) is 0. The summed E-state index contributed by atoms with van der Waals surface area (Å²) in [4.78, 5) is 26.2. The van der Waals surface area contributed by atoms with E-state index >= 15 is 0 Å². The van der Waals surface area contributed by atoms with Crippen molar-refractivity contribution in [3.05, 3.63) is 58.7 Å². The molecule has 0 N–H and O–H groups in total. The number of carbonyl (C=O) groups is 1. The molecule has 0 saturated carbocycles. The monoisotopic (exact) mass is 442 g/mol. The van der Waals surface area contributed by atoms with Gasteiger partial charge in [0, 0.05) is 44.5 Å². The van der Waals surface area contributed by atoms with Gasteiger partial charge in [0.05, 0.1) is 18.3 Å². The molecule has 0 radical (unpaired) electrons. The fourth-order valence-corrected chi connectivity index (χ4v) is 5.09. The van der Waals surface area contributed by atoms with Crippen molar-refractivity contribution in [2.75, 3.05) is 26.3 Å². The van der Waals surface area contributed by atoms with E-state index in [0.717, 1.165) is 68.1 Å². The molecule has 3 aliphatic rings. The Balaban J connectivity index is 1.30. The lowest BCUT2D eigenvalue weighted by Crippen LogP contribution is -2.45. The first-order chi connectivity index (χ1) is 15.6. The minimum atomic E-state index is -0.485. The van der Waals surface area contributed by atoms with Crippen molar-refractivity contribution in [3.63, 3.8) is 0 Å². The van der Waals surface area contributed by atoms with Crippen molar-refractivity contribution >= 4 is 6.03 Å². The molecule has 3 aliphatic heterocycles. The second kappa shape index (κ2) is 9.10. The molecule has 2 amide bonds. The van der Waals surface area contributed by atoms with Gasteiger partial charge in [0.1, 0.15) is 17.5 Å². The molecule has 8 heteroatoms. The van der Waals surface area contributed by atoms with Crippen LogP contribution < -0.4 is 0 Å². The molecule has 0 aliphatic carbocycles. The lowest BCUT2D eigenvalue weighted by Gasteiger charge is -2.34. The Hall–Kier alpha value is -2.61. The third-order valence-electron chi connectivity index (χ3n) is 6.89. The third kappa shape index (κ3) is 4.33. The normalized spacial score (nSPS) is 21.6. The lowest BCUT2D eigenvalue weighted by molar-refractivity contribution is 0.0659. The number of benzene rings is 1. The number of ether oxygens (including phenoxy) is 1. The fraction of sp³-hybridized carbons (Fsp3) is 0.542. The first-order valence-electron chi connectivity index (χ1n) is 11.5. The molecule has 32 heavy (non-hydrogen) atoms. The van der Waals surface area contributed by atoms with Gasteiger partial charge in [0.2, 0.25) is 0 Å². The molecule has 170 valence electrons. The van der Waals surface area contributed by atoms with Gasteiger partial charge in [-0.25, -0.2) is 23.5 Å². The van der Waals surface area contributed by atoms with Crippen LogP contribution in [0.5, 0.6) is 0 Å². The fourth-order valence-electron chi connectivity index (χ4n) is 5.09. The van der Waals surface area contributed by atoms with Gasteiger partial charge in [0.25, 0.3) is 0 Å². The zero-order valence-electron chi connectivity index (χ0n) is 18.1. The van der Waals surface area contributed by atoms with Crippen LogP contribution in [0.3, 0.4) is 0 Å². The number of fused-ring (bicyclic) bond motifs is 1. The summed E-state index contributed by atoms with van der Waals surface area (Å²) in [6, 6.07) is 2.90. The minimum absolute atomic E-state index is 0.133. The number of amides is 2. The van der Waals surface area contributed by atoms with Gasteiger partial charge >= 0.3 is 6.03 Å². The molecule has 0 unspecified atom stereocenters. The van der Waals surface area contributed by atoms with E-state index < -0.39 is 17.7 Å². The number of rotatable bonds is 3. The van der Waals surface area contributed by atoms with Crippen LogP contribution in [0, 0.1) is 17.6 Å². The van der Waals surface area contributed by atoms with E-state index in [1.54, 1.807) is 9.80 Å². The van der Waals surface area contributed by atoms with E-state index in [1.165, 1.54) is 6.07 Å². The van der Waals surface area contributed by atoms with E-state index in [4.69, 9.17) is 9.72 Å². The first kappa shape index (κ1) is 21.2. The Kier molecular flexibility index (Phi) is 6.04. The van der Waals surface area contributed by atoms with E-state index in [9.17, 15) is 13.6 Å². The van der Waals surface area contributed by atoms with Crippen molar-refractivity contribution < 1.29 is 18.3 Å². The van der Waals surface area contributed by atoms with Crippen molar-refractivity contribution in [3.8, 4) is 0 Å². The summed E-state index contributed by atoms with van der Waals surface area (Å²) < 4.78 is 33.6. The van der Waals surface area contributed by atoms with Crippen LogP contribution in [0.25, 0.3) is 0 Å². The predicted molar refractivity (Wildman–Crippen MR) is 114 cm³/mol. The molecule has 1 aromatic carbocycles. The number of hydrogen-bond acceptors (Lipinski definition) is 4. The second-order valence-corrected chi connectivity index (χ2v) is 8.99. The molecule has 2 fully saturated rings.